The van der Waals surface area contributed by atoms with Crippen LogP contribution in [0.25, 0.3) is 0 Å². The zero-order chi connectivity index (χ0) is 15.3. The summed E-state index contributed by atoms with van der Waals surface area (Å²) in [5.41, 5.74) is 0. The highest BCUT2D eigenvalue weighted by atomic mass is 32.2. The van der Waals surface area contributed by atoms with Gasteiger partial charge in [0.15, 0.2) is 5.03 Å². The van der Waals surface area contributed by atoms with Gasteiger partial charge in [-0.1, -0.05) is 6.92 Å². The maximum Gasteiger partial charge on any atom is 0.260 e. The van der Waals surface area contributed by atoms with Gasteiger partial charge in [-0.15, -0.1) is 0 Å². The molecule has 0 spiro atoms. The molecule has 0 saturated carbocycles. The van der Waals surface area contributed by atoms with Crippen molar-refractivity contribution in [1.29, 1.82) is 5.26 Å². The van der Waals surface area contributed by atoms with Crippen LogP contribution in [0.1, 0.15) is 24.9 Å². The number of H-pyrrole nitrogens is 1. The van der Waals surface area contributed by atoms with Gasteiger partial charge in [0.25, 0.3) is 10.0 Å². The van der Waals surface area contributed by atoms with E-state index in [2.05, 4.69) is 9.97 Å². The first-order valence-corrected chi connectivity index (χ1v) is 7.95. The number of aromatic amines is 1. The summed E-state index contributed by atoms with van der Waals surface area (Å²) in [5.74, 6) is 1.12. The van der Waals surface area contributed by atoms with E-state index in [0.29, 0.717) is 18.0 Å². The third kappa shape index (κ3) is 3.51. The van der Waals surface area contributed by atoms with Gasteiger partial charge < -0.3 is 9.40 Å². The Kier molecular flexibility index (Phi) is 4.77. The minimum Gasteiger partial charge on any atom is -0.468 e. The fourth-order valence-electron chi connectivity index (χ4n) is 1.83. The van der Waals surface area contributed by atoms with Crippen molar-refractivity contribution in [2.45, 2.75) is 31.3 Å². The molecule has 0 saturated heterocycles. The maximum atomic E-state index is 12.6. The van der Waals surface area contributed by atoms with E-state index < -0.39 is 10.0 Å². The zero-order valence-corrected chi connectivity index (χ0v) is 12.4. The van der Waals surface area contributed by atoms with Crippen LogP contribution in [0.3, 0.4) is 0 Å². The molecule has 0 aliphatic heterocycles. The SMILES string of the molecule is CCc1ncc(S(=O)(=O)N(CCC#N)Cc2ccco2)[nH]1. The van der Waals surface area contributed by atoms with Crippen LogP contribution in [0.4, 0.5) is 0 Å². The number of nitriles is 1. The van der Waals surface area contributed by atoms with Crippen molar-refractivity contribution >= 4 is 10.0 Å². The van der Waals surface area contributed by atoms with Gasteiger partial charge in [-0.25, -0.2) is 13.4 Å². The number of aryl methyl sites for hydroxylation is 1. The summed E-state index contributed by atoms with van der Waals surface area (Å²) in [6.45, 7) is 2.06. The van der Waals surface area contributed by atoms with Crippen molar-refractivity contribution < 1.29 is 12.8 Å². The summed E-state index contributed by atoms with van der Waals surface area (Å²) in [4.78, 5) is 6.80. The number of imidazole rings is 1. The standard InChI is InChI=1S/C13H16N4O3S/c1-2-12-15-9-13(16-12)21(18,19)17(7-4-6-14)10-11-5-3-8-20-11/h3,5,8-9H,2,4,7,10H2,1H3,(H,15,16). The topological polar surface area (TPSA) is 103 Å². The molecular weight excluding hydrogens is 292 g/mol. The molecule has 0 radical (unpaired) electrons. The number of nitrogens with one attached hydrogen (secondary N) is 1. The molecule has 0 unspecified atom stereocenters. The molecule has 0 aromatic carbocycles. The van der Waals surface area contributed by atoms with Gasteiger partial charge in [-0.05, 0) is 12.1 Å². The van der Waals surface area contributed by atoms with E-state index in [-0.39, 0.29) is 24.5 Å². The molecule has 0 amide bonds. The van der Waals surface area contributed by atoms with Crippen LogP contribution in [-0.2, 0) is 23.0 Å². The second-order valence-corrected chi connectivity index (χ2v) is 6.28. The number of aromatic nitrogens is 2. The van der Waals surface area contributed by atoms with Gasteiger partial charge in [-0.3, -0.25) is 0 Å². The summed E-state index contributed by atoms with van der Waals surface area (Å²) in [5, 5.41) is 8.74. The fourth-order valence-corrected chi connectivity index (χ4v) is 3.17. The molecule has 21 heavy (non-hydrogen) atoms. The van der Waals surface area contributed by atoms with E-state index in [1.165, 1.54) is 16.8 Å². The lowest BCUT2D eigenvalue weighted by molar-refractivity contribution is 0.367. The van der Waals surface area contributed by atoms with Crippen molar-refractivity contribution in [2.24, 2.45) is 0 Å². The Bertz CT molecular complexity index is 713. The van der Waals surface area contributed by atoms with E-state index in [4.69, 9.17) is 9.68 Å². The lowest BCUT2D eigenvalue weighted by Gasteiger charge is -2.18. The molecule has 1 N–H and O–H groups in total. The van der Waals surface area contributed by atoms with Gasteiger partial charge in [0, 0.05) is 19.4 Å². The van der Waals surface area contributed by atoms with Gasteiger partial charge >= 0.3 is 0 Å². The Morgan fingerprint density at radius 2 is 2.33 bits per heavy atom. The highest BCUT2D eigenvalue weighted by molar-refractivity contribution is 7.89. The Balaban J connectivity index is 2.27. The number of furan rings is 1. The largest absolute Gasteiger partial charge is 0.468 e. The van der Waals surface area contributed by atoms with Crippen LogP contribution in [0.5, 0.6) is 0 Å². The second-order valence-electron chi connectivity index (χ2n) is 4.37. The fraction of sp³-hybridized carbons (Fsp3) is 0.385. The minimum absolute atomic E-state index is 0.0313. The van der Waals surface area contributed by atoms with E-state index >= 15 is 0 Å². The Morgan fingerprint density at radius 3 is 2.90 bits per heavy atom. The molecule has 2 rings (SSSR count). The van der Waals surface area contributed by atoms with E-state index in [9.17, 15) is 8.42 Å². The number of rotatable bonds is 7. The molecule has 0 fully saturated rings. The molecule has 8 heteroatoms. The molecule has 2 heterocycles. The van der Waals surface area contributed by atoms with Gasteiger partial charge in [-0.2, -0.15) is 9.57 Å². The van der Waals surface area contributed by atoms with E-state index in [0.717, 1.165) is 0 Å². The van der Waals surface area contributed by atoms with Gasteiger partial charge in [0.1, 0.15) is 11.6 Å². The summed E-state index contributed by atoms with van der Waals surface area (Å²) in [6, 6.07) is 5.34. The van der Waals surface area contributed by atoms with Crippen LogP contribution in [0.15, 0.2) is 34.0 Å². The van der Waals surface area contributed by atoms with Crippen molar-refractivity contribution in [1.82, 2.24) is 14.3 Å². The average molecular weight is 308 g/mol. The molecule has 0 aliphatic rings. The van der Waals surface area contributed by atoms with Gasteiger partial charge in [0.2, 0.25) is 0 Å². The molecule has 112 valence electrons. The van der Waals surface area contributed by atoms with Crippen molar-refractivity contribution in [3.8, 4) is 6.07 Å². The Hall–Kier alpha value is -2.11. The van der Waals surface area contributed by atoms with Crippen LogP contribution in [-0.4, -0.2) is 29.2 Å². The van der Waals surface area contributed by atoms with Crippen LogP contribution >= 0.6 is 0 Å². The number of nitrogens with zero attached hydrogens (tertiary/aromatic N) is 3. The van der Waals surface area contributed by atoms with Crippen molar-refractivity contribution in [3.63, 3.8) is 0 Å². The lowest BCUT2D eigenvalue weighted by Crippen LogP contribution is -2.31. The monoisotopic (exact) mass is 308 g/mol. The minimum atomic E-state index is -3.73. The molecular formula is C13H16N4O3S. The highest BCUT2D eigenvalue weighted by Crippen LogP contribution is 2.17. The summed E-state index contributed by atoms with van der Waals surface area (Å²) in [6.07, 6.45) is 3.51. The normalized spacial score (nSPS) is 11.7. The molecule has 0 bridgehead atoms. The molecule has 2 aromatic heterocycles. The Morgan fingerprint density at radius 1 is 1.52 bits per heavy atom. The number of sulfonamides is 1. The first kappa shape index (κ1) is 15.3. The summed E-state index contributed by atoms with van der Waals surface area (Å²) < 4.78 is 31.6. The first-order valence-electron chi connectivity index (χ1n) is 6.51. The van der Waals surface area contributed by atoms with Crippen LogP contribution in [0, 0.1) is 11.3 Å². The summed E-state index contributed by atoms with van der Waals surface area (Å²) >= 11 is 0. The number of hydrogen-bond acceptors (Lipinski definition) is 5. The van der Waals surface area contributed by atoms with Gasteiger partial charge in [0.05, 0.1) is 25.1 Å². The lowest BCUT2D eigenvalue weighted by atomic mass is 10.4. The quantitative estimate of drug-likeness (QED) is 0.838. The van der Waals surface area contributed by atoms with Crippen LogP contribution in [0.2, 0.25) is 0 Å². The summed E-state index contributed by atoms with van der Waals surface area (Å²) in [7, 11) is -3.73. The smallest absolute Gasteiger partial charge is 0.260 e. The van der Waals surface area contributed by atoms with Crippen LogP contribution < -0.4 is 0 Å². The highest BCUT2D eigenvalue weighted by Gasteiger charge is 2.27. The van der Waals surface area contributed by atoms with Crippen molar-refractivity contribution in [3.05, 3.63) is 36.2 Å². The predicted octanol–water partition coefficient (Wildman–Crippen LogP) is 1.67. The molecule has 0 aliphatic carbocycles. The average Bonchev–Trinajstić information content (AvgIpc) is 3.14. The van der Waals surface area contributed by atoms with Crippen molar-refractivity contribution in [2.75, 3.05) is 6.54 Å². The number of hydrogen-bond donors (Lipinski definition) is 1. The Labute approximate surface area is 123 Å². The third-order valence-electron chi connectivity index (χ3n) is 2.94. The molecule has 2 aromatic rings. The zero-order valence-electron chi connectivity index (χ0n) is 11.6. The molecule has 0 atom stereocenters. The predicted molar refractivity (Wildman–Crippen MR) is 74.5 cm³/mol. The second kappa shape index (κ2) is 6.56. The van der Waals surface area contributed by atoms with E-state index in [1.54, 1.807) is 12.1 Å². The van der Waals surface area contributed by atoms with E-state index in [1.807, 2.05) is 13.0 Å². The maximum absolute atomic E-state index is 12.6. The first-order chi connectivity index (χ1) is 10.1. The molecule has 7 nitrogen and oxygen atoms in total. The third-order valence-corrected chi connectivity index (χ3v) is 4.70.